The quantitative estimate of drug-likeness (QED) is 0.728. The molecule has 3 aromatic rings. The van der Waals surface area contributed by atoms with Crippen LogP contribution in [0.2, 0.25) is 0 Å². The van der Waals surface area contributed by atoms with Crippen LogP contribution in [0.25, 0.3) is 0 Å². The van der Waals surface area contributed by atoms with E-state index in [9.17, 15) is 13.6 Å². The van der Waals surface area contributed by atoms with Gasteiger partial charge in [0.05, 0.1) is 24.0 Å². The van der Waals surface area contributed by atoms with Crippen LogP contribution in [0.3, 0.4) is 0 Å². The number of rotatable bonds is 5. The molecule has 26 heavy (non-hydrogen) atoms. The number of aromatic nitrogens is 2. The van der Waals surface area contributed by atoms with Crippen LogP contribution in [0.15, 0.2) is 54.9 Å². The molecule has 0 atom stereocenters. The van der Waals surface area contributed by atoms with Crippen molar-refractivity contribution >= 4 is 23.2 Å². The predicted octanol–water partition coefficient (Wildman–Crippen LogP) is 3.76. The highest BCUT2D eigenvalue weighted by Gasteiger charge is 2.11. The number of para-hydroxylation sites is 2. The number of ether oxygens (including phenoxy) is 1. The number of nitrogens with one attached hydrogen (secondary N) is 2. The molecule has 3 rings (SSSR count). The third-order valence-electron chi connectivity index (χ3n) is 3.45. The van der Waals surface area contributed by atoms with Crippen molar-refractivity contribution in [3.8, 4) is 5.75 Å². The molecule has 1 amide bonds. The van der Waals surface area contributed by atoms with Crippen LogP contribution >= 0.6 is 0 Å². The van der Waals surface area contributed by atoms with Crippen LogP contribution in [0.4, 0.5) is 26.1 Å². The monoisotopic (exact) mass is 356 g/mol. The van der Waals surface area contributed by atoms with Gasteiger partial charge < -0.3 is 15.4 Å². The highest BCUT2D eigenvalue weighted by atomic mass is 19.1. The van der Waals surface area contributed by atoms with Crippen molar-refractivity contribution in [2.75, 3.05) is 17.7 Å². The number of hydrogen-bond donors (Lipinski definition) is 2. The maximum absolute atomic E-state index is 13.6. The predicted molar refractivity (Wildman–Crippen MR) is 92.6 cm³/mol. The second-order valence-electron chi connectivity index (χ2n) is 5.20. The van der Waals surface area contributed by atoms with Gasteiger partial charge in [-0.1, -0.05) is 12.1 Å². The van der Waals surface area contributed by atoms with E-state index in [-0.39, 0.29) is 17.2 Å². The first-order valence-electron chi connectivity index (χ1n) is 7.55. The summed E-state index contributed by atoms with van der Waals surface area (Å²) in [6.07, 6.45) is 2.59. The Labute approximate surface area is 147 Å². The molecular weight excluding hydrogens is 342 g/mol. The summed E-state index contributed by atoms with van der Waals surface area (Å²) in [7, 11) is 1.50. The summed E-state index contributed by atoms with van der Waals surface area (Å²) in [6.45, 7) is 0. The molecule has 0 aliphatic heterocycles. The molecular formula is C18H14F2N4O2. The number of benzene rings is 2. The lowest BCUT2D eigenvalue weighted by Crippen LogP contribution is -2.13. The first-order valence-corrected chi connectivity index (χ1v) is 7.55. The maximum atomic E-state index is 13.6. The average molecular weight is 356 g/mol. The topological polar surface area (TPSA) is 76.1 Å². The largest absolute Gasteiger partial charge is 0.495 e. The number of nitrogens with zero attached hydrogens (tertiary/aromatic N) is 2. The first kappa shape index (κ1) is 17.3. The van der Waals surface area contributed by atoms with E-state index in [4.69, 9.17) is 4.74 Å². The summed E-state index contributed by atoms with van der Waals surface area (Å²) in [5.74, 6) is -1.28. The fraction of sp³-hybridized carbons (Fsp3) is 0.0556. The van der Waals surface area contributed by atoms with Gasteiger partial charge in [0.1, 0.15) is 17.4 Å². The Morgan fingerprint density at radius 3 is 2.46 bits per heavy atom. The third kappa shape index (κ3) is 3.92. The fourth-order valence-electron chi connectivity index (χ4n) is 2.16. The summed E-state index contributed by atoms with van der Waals surface area (Å²) in [6, 6.07) is 10.1. The van der Waals surface area contributed by atoms with Crippen LogP contribution in [0.5, 0.6) is 5.75 Å². The molecule has 8 heteroatoms. The molecule has 2 N–H and O–H groups in total. The second kappa shape index (κ2) is 7.56. The van der Waals surface area contributed by atoms with Gasteiger partial charge in [0, 0.05) is 18.5 Å². The van der Waals surface area contributed by atoms with Crippen molar-refractivity contribution < 1.29 is 18.3 Å². The van der Waals surface area contributed by atoms with Crippen LogP contribution in [-0.2, 0) is 0 Å². The van der Waals surface area contributed by atoms with E-state index in [1.54, 1.807) is 24.3 Å². The third-order valence-corrected chi connectivity index (χ3v) is 3.45. The number of methoxy groups -OCH3 is 1. The Morgan fingerprint density at radius 2 is 1.77 bits per heavy atom. The van der Waals surface area contributed by atoms with E-state index in [1.807, 2.05) is 0 Å². The van der Waals surface area contributed by atoms with Crippen molar-refractivity contribution in [2.45, 2.75) is 0 Å². The smallest absolute Gasteiger partial charge is 0.258 e. The molecule has 0 aliphatic rings. The number of halogens is 2. The van der Waals surface area contributed by atoms with Crippen molar-refractivity contribution in [3.63, 3.8) is 0 Å². The lowest BCUT2D eigenvalue weighted by Gasteiger charge is -2.10. The van der Waals surface area contributed by atoms with E-state index in [0.717, 1.165) is 12.1 Å². The van der Waals surface area contributed by atoms with Crippen LogP contribution in [0.1, 0.15) is 10.4 Å². The van der Waals surface area contributed by atoms with E-state index in [0.29, 0.717) is 11.4 Å². The van der Waals surface area contributed by atoms with Crippen LogP contribution in [0, 0.1) is 11.6 Å². The van der Waals surface area contributed by atoms with Gasteiger partial charge in [0.25, 0.3) is 5.91 Å². The highest BCUT2D eigenvalue weighted by Crippen LogP contribution is 2.23. The molecule has 2 aromatic carbocycles. The Bertz CT molecular complexity index is 933. The van der Waals surface area contributed by atoms with Gasteiger partial charge >= 0.3 is 0 Å². The van der Waals surface area contributed by atoms with Gasteiger partial charge in [-0.05, 0) is 24.3 Å². The van der Waals surface area contributed by atoms with E-state index in [1.165, 1.54) is 25.6 Å². The van der Waals surface area contributed by atoms with Gasteiger partial charge in [-0.2, -0.15) is 0 Å². The Hall–Kier alpha value is -3.55. The van der Waals surface area contributed by atoms with Gasteiger partial charge in [0.15, 0.2) is 0 Å². The minimum Gasteiger partial charge on any atom is -0.495 e. The molecule has 0 radical (unpaired) electrons. The summed E-state index contributed by atoms with van der Waals surface area (Å²) in [4.78, 5) is 20.2. The summed E-state index contributed by atoms with van der Waals surface area (Å²) in [5.41, 5.74) is 0.745. The SMILES string of the molecule is COc1ccccc1NC(=O)c1cnc(Nc2ccc(F)cc2F)nc1. The number of amides is 1. The molecule has 0 unspecified atom stereocenters. The number of anilines is 3. The number of carbonyl (C=O) groups is 1. The zero-order valence-corrected chi connectivity index (χ0v) is 13.7. The molecule has 0 saturated heterocycles. The lowest BCUT2D eigenvalue weighted by molar-refractivity contribution is 0.102. The van der Waals surface area contributed by atoms with Gasteiger partial charge in [-0.25, -0.2) is 18.7 Å². The van der Waals surface area contributed by atoms with E-state index < -0.39 is 17.5 Å². The standard InChI is InChI=1S/C18H14F2N4O2/c1-26-16-5-3-2-4-15(16)23-17(25)11-9-21-18(22-10-11)24-14-7-6-12(19)8-13(14)20/h2-10H,1H3,(H,23,25)(H,21,22,24). The van der Waals surface area contributed by atoms with Gasteiger partial charge in [0.2, 0.25) is 5.95 Å². The summed E-state index contributed by atoms with van der Waals surface area (Å²) in [5, 5.41) is 5.31. The lowest BCUT2D eigenvalue weighted by atomic mass is 10.2. The molecule has 0 fully saturated rings. The molecule has 1 heterocycles. The highest BCUT2D eigenvalue weighted by molar-refractivity contribution is 6.04. The zero-order valence-electron chi connectivity index (χ0n) is 13.7. The molecule has 0 bridgehead atoms. The second-order valence-corrected chi connectivity index (χ2v) is 5.20. The van der Waals surface area contributed by atoms with Crippen LogP contribution < -0.4 is 15.4 Å². The zero-order chi connectivity index (χ0) is 18.5. The minimum absolute atomic E-state index is 0.0256. The maximum Gasteiger partial charge on any atom is 0.258 e. The first-order chi connectivity index (χ1) is 12.6. The number of carbonyl (C=O) groups excluding carboxylic acids is 1. The Morgan fingerprint density at radius 1 is 1.04 bits per heavy atom. The minimum atomic E-state index is -0.772. The molecule has 0 spiro atoms. The molecule has 6 nitrogen and oxygen atoms in total. The summed E-state index contributed by atoms with van der Waals surface area (Å²) < 4.78 is 31.7. The van der Waals surface area contributed by atoms with Gasteiger partial charge in [-0.15, -0.1) is 0 Å². The van der Waals surface area contributed by atoms with Crippen molar-refractivity contribution in [1.82, 2.24) is 9.97 Å². The van der Waals surface area contributed by atoms with E-state index in [2.05, 4.69) is 20.6 Å². The molecule has 1 aromatic heterocycles. The van der Waals surface area contributed by atoms with E-state index >= 15 is 0 Å². The van der Waals surface area contributed by atoms with Gasteiger partial charge in [-0.3, -0.25) is 4.79 Å². The molecule has 0 saturated carbocycles. The Balaban J connectivity index is 1.71. The number of hydrogen-bond acceptors (Lipinski definition) is 5. The van der Waals surface area contributed by atoms with Crippen molar-refractivity contribution in [1.29, 1.82) is 0 Å². The average Bonchev–Trinajstić information content (AvgIpc) is 2.65. The molecule has 132 valence electrons. The van der Waals surface area contributed by atoms with Crippen molar-refractivity contribution in [2.24, 2.45) is 0 Å². The normalized spacial score (nSPS) is 10.3. The van der Waals surface area contributed by atoms with Crippen molar-refractivity contribution in [3.05, 3.63) is 72.1 Å². The fourth-order valence-corrected chi connectivity index (χ4v) is 2.16. The molecule has 0 aliphatic carbocycles. The Kier molecular flexibility index (Phi) is 5.02. The summed E-state index contributed by atoms with van der Waals surface area (Å²) >= 11 is 0. The van der Waals surface area contributed by atoms with Crippen LogP contribution in [-0.4, -0.2) is 23.0 Å².